The van der Waals surface area contributed by atoms with E-state index in [9.17, 15) is 4.57 Å². The standard InChI is InChI=1S/C11H12NOP/c1-14(2,13)11-4-3-10-8-12-6-5-9(10)7-11/h3-8H,1-2H3. The van der Waals surface area contributed by atoms with Gasteiger partial charge in [-0.2, -0.15) is 0 Å². The second-order valence-electron chi connectivity index (χ2n) is 3.76. The first kappa shape index (κ1) is 9.42. The van der Waals surface area contributed by atoms with E-state index in [0.29, 0.717) is 0 Å². The van der Waals surface area contributed by atoms with E-state index in [0.717, 1.165) is 16.1 Å². The second kappa shape index (κ2) is 3.21. The summed E-state index contributed by atoms with van der Waals surface area (Å²) in [7, 11) is -2.14. The molecule has 0 aliphatic heterocycles. The molecule has 1 aromatic heterocycles. The Balaban J connectivity index is 2.69. The minimum atomic E-state index is -2.14. The molecule has 2 rings (SSSR count). The van der Waals surface area contributed by atoms with Crippen LogP contribution in [0.1, 0.15) is 0 Å². The van der Waals surface area contributed by atoms with E-state index in [1.165, 1.54) is 0 Å². The molecule has 0 spiro atoms. The van der Waals surface area contributed by atoms with Gasteiger partial charge in [-0.05, 0) is 30.8 Å². The summed E-state index contributed by atoms with van der Waals surface area (Å²) in [5.41, 5.74) is 0. The van der Waals surface area contributed by atoms with Gasteiger partial charge < -0.3 is 4.57 Å². The van der Waals surface area contributed by atoms with Gasteiger partial charge in [0.1, 0.15) is 7.14 Å². The van der Waals surface area contributed by atoms with Gasteiger partial charge in [-0.25, -0.2) is 0 Å². The van der Waals surface area contributed by atoms with Crippen molar-refractivity contribution in [2.24, 2.45) is 0 Å². The van der Waals surface area contributed by atoms with E-state index in [-0.39, 0.29) is 0 Å². The molecule has 2 nitrogen and oxygen atoms in total. The zero-order valence-corrected chi connectivity index (χ0v) is 9.16. The lowest BCUT2D eigenvalue weighted by Crippen LogP contribution is -2.01. The molecule has 0 saturated heterocycles. The van der Waals surface area contributed by atoms with Crippen molar-refractivity contribution in [3.8, 4) is 0 Å². The molecule has 0 amide bonds. The van der Waals surface area contributed by atoms with Crippen LogP contribution in [0.3, 0.4) is 0 Å². The lowest BCUT2D eigenvalue weighted by Gasteiger charge is -2.07. The molecular formula is C11H12NOP. The third-order valence-corrected chi connectivity index (χ3v) is 3.77. The Bertz CT molecular complexity index is 515. The molecule has 3 heteroatoms. The van der Waals surface area contributed by atoms with Crippen molar-refractivity contribution in [2.75, 3.05) is 13.3 Å². The predicted molar refractivity (Wildman–Crippen MR) is 60.8 cm³/mol. The van der Waals surface area contributed by atoms with Crippen LogP contribution in [0.4, 0.5) is 0 Å². The Hall–Kier alpha value is -1.14. The number of rotatable bonds is 1. The average Bonchev–Trinajstić information content (AvgIpc) is 2.16. The third kappa shape index (κ3) is 1.71. The number of pyridine rings is 1. The molecule has 0 fully saturated rings. The third-order valence-electron chi connectivity index (χ3n) is 2.25. The first-order valence-corrected chi connectivity index (χ1v) is 7.07. The summed E-state index contributed by atoms with van der Waals surface area (Å²) in [6.45, 7) is 3.57. The first-order chi connectivity index (χ1) is 6.57. The van der Waals surface area contributed by atoms with Crippen LogP contribution in [-0.2, 0) is 4.57 Å². The van der Waals surface area contributed by atoms with Crippen LogP contribution in [0.2, 0.25) is 0 Å². The quantitative estimate of drug-likeness (QED) is 0.669. The lowest BCUT2D eigenvalue weighted by molar-refractivity contribution is 0.588. The van der Waals surface area contributed by atoms with Crippen LogP contribution >= 0.6 is 7.14 Å². The average molecular weight is 205 g/mol. The molecule has 72 valence electrons. The second-order valence-corrected chi connectivity index (χ2v) is 6.98. The summed E-state index contributed by atoms with van der Waals surface area (Å²) in [4.78, 5) is 4.04. The van der Waals surface area contributed by atoms with Gasteiger partial charge in [-0.15, -0.1) is 0 Å². The molecule has 0 aliphatic rings. The number of aromatic nitrogens is 1. The van der Waals surface area contributed by atoms with Gasteiger partial charge in [-0.1, -0.05) is 12.1 Å². The van der Waals surface area contributed by atoms with E-state index < -0.39 is 7.14 Å². The molecule has 0 bridgehead atoms. The zero-order valence-electron chi connectivity index (χ0n) is 8.27. The van der Waals surface area contributed by atoms with Crippen molar-refractivity contribution in [3.63, 3.8) is 0 Å². The van der Waals surface area contributed by atoms with Gasteiger partial charge in [0.25, 0.3) is 0 Å². The molecule has 0 atom stereocenters. The summed E-state index contributed by atoms with van der Waals surface area (Å²) in [5, 5.41) is 3.11. The highest BCUT2D eigenvalue weighted by molar-refractivity contribution is 7.70. The SMILES string of the molecule is CP(C)(=O)c1ccc2cnccc2c1. The van der Waals surface area contributed by atoms with Crippen LogP contribution < -0.4 is 5.30 Å². The maximum Gasteiger partial charge on any atom is 0.109 e. The number of benzene rings is 1. The number of hydrogen-bond acceptors (Lipinski definition) is 2. The van der Waals surface area contributed by atoms with Crippen LogP contribution in [0, 0.1) is 0 Å². The fourth-order valence-electron chi connectivity index (χ4n) is 1.41. The molecule has 1 aromatic carbocycles. The number of hydrogen-bond donors (Lipinski definition) is 0. The Morgan fingerprint density at radius 2 is 1.93 bits per heavy atom. The molecular weight excluding hydrogens is 193 g/mol. The van der Waals surface area contributed by atoms with E-state index in [1.807, 2.05) is 30.5 Å². The van der Waals surface area contributed by atoms with Crippen LogP contribution in [0.15, 0.2) is 36.7 Å². The molecule has 0 saturated carbocycles. The summed E-state index contributed by atoms with van der Waals surface area (Å²) in [6, 6.07) is 7.81. The van der Waals surface area contributed by atoms with Crippen molar-refractivity contribution in [1.29, 1.82) is 0 Å². The molecule has 0 aliphatic carbocycles. The van der Waals surface area contributed by atoms with Gasteiger partial charge >= 0.3 is 0 Å². The van der Waals surface area contributed by atoms with E-state index in [4.69, 9.17) is 0 Å². The van der Waals surface area contributed by atoms with Crippen molar-refractivity contribution >= 4 is 23.2 Å². The maximum absolute atomic E-state index is 11.8. The summed E-state index contributed by atoms with van der Waals surface area (Å²) in [5.74, 6) is 0. The lowest BCUT2D eigenvalue weighted by atomic mass is 10.2. The minimum absolute atomic E-state index is 0.927. The molecule has 1 heterocycles. The van der Waals surface area contributed by atoms with E-state index >= 15 is 0 Å². The monoisotopic (exact) mass is 205 g/mol. The highest BCUT2D eigenvalue weighted by atomic mass is 31.2. The van der Waals surface area contributed by atoms with Crippen molar-refractivity contribution < 1.29 is 4.57 Å². The molecule has 0 radical (unpaired) electrons. The number of fused-ring (bicyclic) bond motifs is 1. The largest absolute Gasteiger partial charge is 0.319 e. The van der Waals surface area contributed by atoms with Crippen LogP contribution in [0.25, 0.3) is 10.8 Å². The zero-order chi connectivity index (χ0) is 10.2. The Labute approximate surface area is 83.4 Å². The Morgan fingerprint density at radius 1 is 1.14 bits per heavy atom. The fourth-order valence-corrected chi connectivity index (χ4v) is 2.29. The van der Waals surface area contributed by atoms with Gasteiger partial charge in [0.05, 0.1) is 0 Å². The van der Waals surface area contributed by atoms with Crippen molar-refractivity contribution in [3.05, 3.63) is 36.7 Å². The highest BCUT2D eigenvalue weighted by Gasteiger charge is 2.10. The maximum atomic E-state index is 11.8. The predicted octanol–water partition coefficient (Wildman–Crippen LogP) is 2.48. The Morgan fingerprint density at radius 3 is 2.64 bits per heavy atom. The number of nitrogens with zero attached hydrogens (tertiary/aromatic N) is 1. The highest BCUT2D eigenvalue weighted by Crippen LogP contribution is 2.35. The van der Waals surface area contributed by atoms with Gasteiger partial charge in [0.2, 0.25) is 0 Å². The summed E-state index contributed by atoms with van der Waals surface area (Å²) >= 11 is 0. The smallest absolute Gasteiger partial charge is 0.109 e. The summed E-state index contributed by atoms with van der Waals surface area (Å²) < 4.78 is 11.8. The minimum Gasteiger partial charge on any atom is -0.319 e. The topological polar surface area (TPSA) is 30.0 Å². The fraction of sp³-hybridized carbons (Fsp3) is 0.182. The van der Waals surface area contributed by atoms with E-state index in [2.05, 4.69) is 4.98 Å². The van der Waals surface area contributed by atoms with Gasteiger partial charge in [0.15, 0.2) is 0 Å². The van der Waals surface area contributed by atoms with Crippen molar-refractivity contribution in [1.82, 2.24) is 4.98 Å². The first-order valence-electron chi connectivity index (χ1n) is 4.47. The van der Waals surface area contributed by atoms with E-state index in [1.54, 1.807) is 19.5 Å². The Kier molecular flexibility index (Phi) is 2.16. The van der Waals surface area contributed by atoms with Gasteiger partial charge in [-0.3, -0.25) is 4.98 Å². The molecule has 0 N–H and O–H groups in total. The molecule has 14 heavy (non-hydrogen) atoms. The molecule has 0 unspecified atom stereocenters. The van der Waals surface area contributed by atoms with Crippen LogP contribution in [0.5, 0.6) is 0 Å². The van der Waals surface area contributed by atoms with Gasteiger partial charge in [0, 0.05) is 23.1 Å². The molecule has 2 aromatic rings. The van der Waals surface area contributed by atoms with Crippen LogP contribution in [-0.4, -0.2) is 18.3 Å². The normalized spacial score (nSPS) is 11.9. The summed E-state index contributed by atoms with van der Waals surface area (Å²) in [6.07, 6.45) is 3.57. The van der Waals surface area contributed by atoms with Crippen molar-refractivity contribution in [2.45, 2.75) is 0 Å².